The van der Waals surface area contributed by atoms with Crippen LogP contribution in [0, 0.1) is 0 Å². The van der Waals surface area contributed by atoms with Gasteiger partial charge in [-0.3, -0.25) is 4.79 Å². The van der Waals surface area contributed by atoms with E-state index in [1.807, 2.05) is 29.6 Å². The number of carbonyl (C=O) groups is 1. The standard InChI is InChI=1S/C13H13NO2S/c1-2-13(15)14(9-11-5-3-7-16-11)10-12-6-4-8-17-12/h2-8H,1,9-10H2. The molecule has 2 aromatic heterocycles. The molecular weight excluding hydrogens is 234 g/mol. The van der Waals surface area contributed by atoms with Gasteiger partial charge in [-0.2, -0.15) is 0 Å². The Morgan fingerprint density at radius 3 is 2.88 bits per heavy atom. The van der Waals surface area contributed by atoms with Crippen molar-refractivity contribution in [3.05, 3.63) is 59.2 Å². The van der Waals surface area contributed by atoms with E-state index in [1.54, 1.807) is 22.5 Å². The molecule has 0 aliphatic rings. The number of furan rings is 1. The highest BCUT2D eigenvalue weighted by atomic mass is 32.1. The largest absolute Gasteiger partial charge is 0.467 e. The van der Waals surface area contributed by atoms with Crippen molar-refractivity contribution in [1.29, 1.82) is 0 Å². The average Bonchev–Trinajstić information content (AvgIpc) is 3.00. The van der Waals surface area contributed by atoms with Gasteiger partial charge in [0, 0.05) is 4.88 Å². The molecule has 0 saturated carbocycles. The maximum absolute atomic E-state index is 11.7. The second-order valence-corrected chi connectivity index (χ2v) is 4.59. The lowest BCUT2D eigenvalue weighted by atomic mass is 10.3. The van der Waals surface area contributed by atoms with Gasteiger partial charge in [0.15, 0.2) is 0 Å². The zero-order chi connectivity index (χ0) is 12.1. The Kier molecular flexibility index (Phi) is 3.77. The Morgan fingerprint density at radius 1 is 1.41 bits per heavy atom. The third kappa shape index (κ3) is 3.07. The summed E-state index contributed by atoms with van der Waals surface area (Å²) in [6, 6.07) is 7.66. The van der Waals surface area contributed by atoms with E-state index in [9.17, 15) is 4.79 Å². The van der Waals surface area contributed by atoms with Crippen molar-refractivity contribution in [3.8, 4) is 0 Å². The Bertz CT molecular complexity index is 437. The van der Waals surface area contributed by atoms with Crippen molar-refractivity contribution in [2.75, 3.05) is 0 Å². The van der Waals surface area contributed by atoms with Crippen LogP contribution in [0.15, 0.2) is 53.0 Å². The van der Waals surface area contributed by atoms with Crippen LogP contribution in [0.2, 0.25) is 0 Å². The number of hydrogen-bond acceptors (Lipinski definition) is 3. The van der Waals surface area contributed by atoms with Gasteiger partial charge in [-0.1, -0.05) is 12.6 Å². The number of rotatable bonds is 5. The Balaban J connectivity index is 2.08. The second-order valence-electron chi connectivity index (χ2n) is 3.56. The third-order valence-corrected chi connectivity index (χ3v) is 3.20. The molecule has 2 heterocycles. The van der Waals surface area contributed by atoms with Gasteiger partial charge in [-0.05, 0) is 29.7 Å². The summed E-state index contributed by atoms with van der Waals surface area (Å²) in [6.07, 6.45) is 2.94. The molecule has 88 valence electrons. The van der Waals surface area contributed by atoms with Crippen LogP contribution in [0.3, 0.4) is 0 Å². The molecule has 0 radical (unpaired) electrons. The SMILES string of the molecule is C=CC(=O)N(Cc1ccco1)Cc1cccs1. The number of carbonyl (C=O) groups excluding carboxylic acids is 1. The van der Waals surface area contributed by atoms with E-state index in [0.29, 0.717) is 13.1 Å². The number of amides is 1. The number of hydrogen-bond donors (Lipinski definition) is 0. The summed E-state index contributed by atoms with van der Waals surface area (Å²) in [5.74, 6) is 0.687. The van der Waals surface area contributed by atoms with Crippen molar-refractivity contribution in [1.82, 2.24) is 4.90 Å². The molecule has 0 bridgehead atoms. The topological polar surface area (TPSA) is 33.5 Å². The van der Waals surface area contributed by atoms with E-state index >= 15 is 0 Å². The van der Waals surface area contributed by atoms with Crippen LogP contribution in [0.5, 0.6) is 0 Å². The van der Waals surface area contributed by atoms with Crippen molar-refractivity contribution < 1.29 is 9.21 Å². The van der Waals surface area contributed by atoms with Gasteiger partial charge in [0.05, 0.1) is 19.4 Å². The lowest BCUT2D eigenvalue weighted by molar-refractivity contribution is -0.127. The Labute approximate surface area is 104 Å². The maximum Gasteiger partial charge on any atom is 0.246 e. The maximum atomic E-state index is 11.7. The van der Waals surface area contributed by atoms with Crippen LogP contribution in [-0.2, 0) is 17.9 Å². The molecule has 0 unspecified atom stereocenters. The first-order valence-corrected chi connectivity index (χ1v) is 6.13. The van der Waals surface area contributed by atoms with Crippen LogP contribution in [-0.4, -0.2) is 10.8 Å². The molecule has 0 aliphatic carbocycles. The molecule has 4 heteroatoms. The van der Waals surface area contributed by atoms with Gasteiger partial charge in [0.25, 0.3) is 0 Å². The molecule has 1 amide bonds. The van der Waals surface area contributed by atoms with Crippen molar-refractivity contribution in [2.24, 2.45) is 0 Å². The normalized spacial score (nSPS) is 10.1. The first kappa shape index (κ1) is 11.7. The first-order valence-electron chi connectivity index (χ1n) is 5.25. The summed E-state index contributed by atoms with van der Waals surface area (Å²) in [5, 5.41) is 2.00. The van der Waals surface area contributed by atoms with Crippen molar-refractivity contribution in [2.45, 2.75) is 13.1 Å². The number of thiophene rings is 1. The van der Waals surface area contributed by atoms with Gasteiger partial charge in [-0.25, -0.2) is 0 Å². The molecule has 17 heavy (non-hydrogen) atoms. The Morgan fingerprint density at radius 2 is 2.29 bits per heavy atom. The second kappa shape index (κ2) is 5.50. The van der Waals surface area contributed by atoms with Crippen LogP contribution in [0.1, 0.15) is 10.6 Å². The fraction of sp³-hybridized carbons (Fsp3) is 0.154. The number of nitrogens with zero attached hydrogens (tertiary/aromatic N) is 1. The molecule has 2 rings (SSSR count). The van der Waals surface area contributed by atoms with E-state index in [-0.39, 0.29) is 5.91 Å². The molecule has 0 spiro atoms. The van der Waals surface area contributed by atoms with Crippen molar-refractivity contribution in [3.63, 3.8) is 0 Å². The molecule has 3 nitrogen and oxygen atoms in total. The molecule has 2 aromatic rings. The molecule has 0 fully saturated rings. The minimum Gasteiger partial charge on any atom is -0.467 e. The molecule has 0 atom stereocenters. The monoisotopic (exact) mass is 247 g/mol. The zero-order valence-corrected chi connectivity index (χ0v) is 10.2. The molecule has 0 saturated heterocycles. The molecule has 0 aromatic carbocycles. The van der Waals surface area contributed by atoms with E-state index in [0.717, 1.165) is 10.6 Å². The quantitative estimate of drug-likeness (QED) is 0.761. The highest BCUT2D eigenvalue weighted by Gasteiger charge is 2.13. The first-order chi connectivity index (χ1) is 8.29. The van der Waals surface area contributed by atoms with Crippen molar-refractivity contribution >= 4 is 17.2 Å². The summed E-state index contributed by atoms with van der Waals surface area (Å²) in [5.41, 5.74) is 0. The fourth-order valence-electron chi connectivity index (χ4n) is 1.52. The van der Waals surface area contributed by atoms with Gasteiger partial charge in [0.2, 0.25) is 5.91 Å². The summed E-state index contributed by atoms with van der Waals surface area (Å²) < 4.78 is 5.25. The van der Waals surface area contributed by atoms with Crippen LogP contribution < -0.4 is 0 Å². The Hall–Kier alpha value is -1.81. The average molecular weight is 247 g/mol. The molecule has 0 N–H and O–H groups in total. The highest BCUT2D eigenvalue weighted by molar-refractivity contribution is 7.09. The summed E-state index contributed by atoms with van der Waals surface area (Å²) in [7, 11) is 0. The smallest absolute Gasteiger partial charge is 0.246 e. The lowest BCUT2D eigenvalue weighted by Crippen LogP contribution is -2.27. The third-order valence-electron chi connectivity index (χ3n) is 2.34. The van der Waals surface area contributed by atoms with E-state index in [1.165, 1.54) is 6.08 Å². The zero-order valence-electron chi connectivity index (χ0n) is 9.33. The minimum absolute atomic E-state index is 0.0881. The summed E-state index contributed by atoms with van der Waals surface area (Å²) in [6.45, 7) is 4.58. The van der Waals surface area contributed by atoms with Gasteiger partial charge >= 0.3 is 0 Å². The van der Waals surface area contributed by atoms with Crippen LogP contribution >= 0.6 is 11.3 Å². The van der Waals surface area contributed by atoms with Crippen LogP contribution in [0.4, 0.5) is 0 Å². The lowest BCUT2D eigenvalue weighted by Gasteiger charge is -2.19. The molecule has 0 aliphatic heterocycles. The highest BCUT2D eigenvalue weighted by Crippen LogP contribution is 2.15. The predicted molar refractivity (Wildman–Crippen MR) is 67.5 cm³/mol. The van der Waals surface area contributed by atoms with E-state index < -0.39 is 0 Å². The minimum atomic E-state index is -0.0881. The predicted octanol–water partition coefficient (Wildman–Crippen LogP) is 3.06. The van der Waals surface area contributed by atoms with Gasteiger partial charge in [-0.15, -0.1) is 11.3 Å². The summed E-state index contributed by atoms with van der Waals surface area (Å²) >= 11 is 1.63. The fourth-order valence-corrected chi connectivity index (χ4v) is 2.24. The van der Waals surface area contributed by atoms with E-state index in [2.05, 4.69) is 6.58 Å². The van der Waals surface area contributed by atoms with Gasteiger partial charge in [0.1, 0.15) is 5.76 Å². The molecular formula is C13H13NO2S. The van der Waals surface area contributed by atoms with Gasteiger partial charge < -0.3 is 9.32 Å². The van der Waals surface area contributed by atoms with E-state index in [4.69, 9.17) is 4.42 Å². The summed E-state index contributed by atoms with van der Waals surface area (Å²) in [4.78, 5) is 14.6. The van der Waals surface area contributed by atoms with Crippen LogP contribution in [0.25, 0.3) is 0 Å².